The van der Waals surface area contributed by atoms with E-state index in [1.54, 1.807) is 29.3 Å². The van der Waals surface area contributed by atoms with Crippen LogP contribution in [0, 0.1) is 5.92 Å². The molecule has 4 rings (SSSR count). The predicted octanol–water partition coefficient (Wildman–Crippen LogP) is 1.33. The van der Waals surface area contributed by atoms with E-state index in [-0.39, 0.29) is 16.7 Å². The summed E-state index contributed by atoms with van der Waals surface area (Å²) in [7, 11) is -3.56. The first-order chi connectivity index (χ1) is 12.4. The maximum Gasteiger partial charge on any atom is 0.240 e. The zero-order valence-electron chi connectivity index (χ0n) is 14.7. The maximum atomic E-state index is 12.7. The van der Waals surface area contributed by atoms with Gasteiger partial charge in [0, 0.05) is 51.1 Å². The van der Waals surface area contributed by atoms with Crippen molar-refractivity contribution in [1.82, 2.24) is 14.3 Å². The second-order valence-electron chi connectivity index (χ2n) is 6.96. The standard InChI is InChI=1S/C18H22N4O3S/c1-13(23)22-8-5-15-11-16(2-3-17(15)22)26(24,25)20-12-14-4-7-21-9-6-19-18(21)10-14/h2-3,6,9,11,14,20H,4-5,7-8,10,12H2,1H3. The molecule has 2 aromatic rings. The fraction of sp³-hybridized carbons (Fsp3) is 0.444. The number of fused-ring (bicyclic) bond motifs is 2. The predicted molar refractivity (Wildman–Crippen MR) is 97.4 cm³/mol. The molecule has 1 aromatic carbocycles. The van der Waals surface area contributed by atoms with Crippen LogP contribution in [0.2, 0.25) is 0 Å². The Bertz CT molecular complexity index is 951. The van der Waals surface area contributed by atoms with Gasteiger partial charge >= 0.3 is 0 Å². The molecular weight excluding hydrogens is 352 g/mol. The van der Waals surface area contributed by atoms with Gasteiger partial charge in [0.25, 0.3) is 0 Å². The van der Waals surface area contributed by atoms with E-state index >= 15 is 0 Å². The van der Waals surface area contributed by atoms with E-state index in [2.05, 4.69) is 14.3 Å². The molecule has 2 aliphatic heterocycles. The fourth-order valence-corrected chi connectivity index (χ4v) is 4.94. The molecule has 1 N–H and O–H groups in total. The Hall–Kier alpha value is -2.19. The molecule has 3 heterocycles. The van der Waals surface area contributed by atoms with Crippen molar-refractivity contribution in [2.24, 2.45) is 5.92 Å². The van der Waals surface area contributed by atoms with Gasteiger partial charge in [-0.3, -0.25) is 4.79 Å². The summed E-state index contributed by atoms with van der Waals surface area (Å²) in [4.78, 5) is 17.9. The van der Waals surface area contributed by atoms with Crippen LogP contribution in [0.25, 0.3) is 0 Å². The summed E-state index contributed by atoms with van der Waals surface area (Å²) in [6.45, 7) is 3.42. The lowest BCUT2D eigenvalue weighted by Crippen LogP contribution is -2.33. The average Bonchev–Trinajstić information content (AvgIpc) is 3.25. The quantitative estimate of drug-likeness (QED) is 0.875. The van der Waals surface area contributed by atoms with Gasteiger partial charge in [0.2, 0.25) is 15.9 Å². The highest BCUT2D eigenvalue weighted by molar-refractivity contribution is 7.89. The number of nitrogens with zero attached hydrogens (tertiary/aromatic N) is 3. The molecule has 1 atom stereocenters. The molecule has 0 aliphatic carbocycles. The maximum absolute atomic E-state index is 12.7. The number of anilines is 1. The van der Waals surface area contributed by atoms with Crippen LogP contribution in [0.3, 0.4) is 0 Å². The molecule has 26 heavy (non-hydrogen) atoms. The number of carbonyl (C=O) groups excluding carboxylic acids is 1. The summed E-state index contributed by atoms with van der Waals surface area (Å²) in [6, 6.07) is 5.00. The van der Waals surface area contributed by atoms with Gasteiger partial charge in [0.1, 0.15) is 5.82 Å². The van der Waals surface area contributed by atoms with E-state index in [0.29, 0.717) is 19.5 Å². The van der Waals surface area contributed by atoms with Gasteiger partial charge in [-0.15, -0.1) is 0 Å². The van der Waals surface area contributed by atoms with Crippen LogP contribution in [-0.4, -0.2) is 37.0 Å². The number of nitrogens with one attached hydrogen (secondary N) is 1. The second-order valence-corrected chi connectivity index (χ2v) is 8.73. The highest BCUT2D eigenvalue weighted by atomic mass is 32.2. The Morgan fingerprint density at radius 2 is 2.19 bits per heavy atom. The van der Waals surface area contributed by atoms with Crippen LogP contribution >= 0.6 is 0 Å². The van der Waals surface area contributed by atoms with E-state index in [9.17, 15) is 13.2 Å². The number of aryl methyl sites for hydroxylation is 1. The Morgan fingerprint density at radius 1 is 1.35 bits per heavy atom. The molecule has 0 bridgehead atoms. The minimum atomic E-state index is -3.56. The van der Waals surface area contributed by atoms with Crippen molar-refractivity contribution in [1.29, 1.82) is 0 Å². The number of amides is 1. The molecular formula is C18H22N4O3S. The smallest absolute Gasteiger partial charge is 0.240 e. The summed E-state index contributed by atoms with van der Waals surface area (Å²) in [5, 5.41) is 0. The average molecular weight is 374 g/mol. The zero-order valence-corrected chi connectivity index (χ0v) is 15.5. The number of hydrogen-bond donors (Lipinski definition) is 1. The van der Waals surface area contributed by atoms with Gasteiger partial charge in [-0.25, -0.2) is 18.1 Å². The van der Waals surface area contributed by atoms with Crippen molar-refractivity contribution in [2.45, 2.75) is 37.6 Å². The second kappa shape index (κ2) is 6.51. The molecule has 138 valence electrons. The third kappa shape index (κ3) is 3.14. The van der Waals surface area contributed by atoms with E-state index < -0.39 is 10.0 Å². The first kappa shape index (κ1) is 17.2. The van der Waals surface area contributed by atoms with Gasteiger partial charge in [-0.05, 0) is 42.5 Å². The van der Waals surface area contributed by atoms with Gasteiger partial charge in [-0.1, -0.05) is 0 Å². The van der Waals surface area contributed by atoms with Crippen LogP contribution in [0.5, 0.6) is 0 Å². The largest absolute Gasteiger partial charge is 0.335 e. The van der Waals surface area contributed by atoms with Crippen LogP contribution in [0.1, 0.15) is 24.7 Å². The third-order valence-electron chi connectivity index (χ3n) is 5.25. The fourth-order valence-electron chi connectivity index (χ4n) is 3.77. The van der Waals surface area contributed by atoms with E-state index in [1.807, 2.05) is 6.20 Å². The molecule has 0 fully saturated rings. The molecule has 2 aliphatic rings. The lowest BCUT2D eigenvalue weighted by atomic mass is 9.98. The number of benzene rings is 1. The van der Waals surface area contributed by atoms with Crippen LogP contribution in [0.4, 0.5) is 5.69 Å². The van der Waals surface area contributed by atoms with E-state index in [4.69, 9.17) is 0 Å². The number of carbonyl (C=O) groups is 1. The SMILES string of the molecule is CC(=O)N1CCc2cc(S(=O)(=O)NCC3CCn4ccnc4C3)ccc21. The van der Waals surface area contributed by atoms with E-state index in [1.165, 1.54) is 6.92 Å². The lowest BCUT2D eigenvalue weighted by Gasteiger charge is -2.23. The number of hydrogen-bond acceptors (Lipinski definition) is 4. The van der Waals surface area contributed by atoms with Crippen molar-refractivity contribution >= 4 is 21.6 Å². The molecule has 0 saturated carbocycles. The molecule has 1 amide bonds. The molecule has 0 radical (unpaired) electrons. The van der Waals surface area contributed by atoms with Crippen molar-refractivity contribution < 1.29 is 13.2 Å². The minimum Gasteiger partial charge on any atom is -0.335 e. The molecule has 7 nitrogen and oxygen atoms in total. The van der Waals surface area contributed by atoms with Gasteiger partial charge in [-0.2, -0.15) is 0 Å². The van der Waals surface area contributed by atoms with Gasteiger partial charge < -0.3 is 9.47 Å². The topological polar surface area (TPSA) is 84.3 Å². The van der Waals surface area contributed by atoms with Crippen molar-refractivity contribution in [3.05, 3.63) is 42.0 Å². The summed E-state index contributed by atoms with van der Waals surface area (Å²) in [5.41, 5.74) is 1.72. The van der Waals surface area contributed by atoms with Crippen molar-refractivity contribution in [2.75, 3.05) is 18.0 Å². The number of sulfonamides is 1. The summed E-state index contributed by atoms with van der Waals surface area (Å²) < 4.78 is 30.2. The Labute approximate surface area is 153 Å². The molecule has 1 aromatic heterocycles. The summed E-state index contributed by atoms with van der Waals surface area (Å²) in [6.07, 6.45) is 6.15. The first-order valence-electron chi connectivity index (χ1n) is 8.85. The highest BCUT2D eigenvalue weighted by Crippen LogP contribution is 2.30. The summed E-state index contributed by atoms with van der Waals surface area (Å²) in [5.74, 6) is 1.25. The zero-order chi connectivity index (χ0) is 18.3. The van der Waals surface area contributed by atoms with Gasteiger partial charge in [0.15, 0.2) is 0 Å². The molecule has 0 spiro atoms. The van der Waals surface area contributed by atoms with Crippen molar-refractivity contribution in [3.8, 4) is 0 Å². The lowest BCUT2D eigenvalue weighted by molar-refractivity contribution is -0.116. The molecule has 0 saturated heterocycles. The van der Waals surface area contributed by atoms with Crippen LogP contribution in [-0.2, 0) is 34.2 Å². The Kier molecular flexibility index (Phi) is 4.32. The van der Waals surface area contributed by atoms with E-state index in [0.717, 1.165) is 36.5 Å². The first-order valence-corrected chi connectivity index (χ1v) is 10.3. The van der Waals surface area contributed by atoms with Crippen LogP contribution in [0.15, 0.2) is 35.5 Å². The monoisotopic (exact) mass is 374 g/mol. The van der Waals surface area contributed by atoms with Gasteiger partial charge in [0.05, 0.1) is 4.90 Å². The van der Waals surface area contributed by atoms with Crippen molar-refractivity contribution in [3.63, 3.8) is 0 Å². The Balaban J connectivity index is 1.45. The third-order valence-corrected chi connectivity index (χ3v) is 6.67. The normalized spacial score (nSPS) is 19.3. The Morgan fingerprint density at radius 3 is 3.00 bits per heavy atom. The van der Waals surface area contributed by atoms with Crippen LogP contribution < -0.4 is 9.62 Å². The minimum absolute atomic E-state index is 0.0202. The number of rotatable bonds is 4. The number of imidazole rings is 1. The molecule has 1 unspecified atom stereocenters. The highest BCUT2D eigenvalue weighted by Gasteiger charge is 2.26. The molecule has 8 heteroatoms. The number of aromatic nitrogens is 2. The summed E-state index contributed by atoms with van der Waals surface area (Å²) >= 11 is 0.